The van der Waals surface area contributed by atoms with E-state index in [1.165, 1.54) is 23.5 Å². The van der Waals surface area contributed by atoms with E-state index in [9.17, 15) is 18.0 Å². The van der Waals surface area contributed by atoms with Crippen molar-refractivity contribution in [2.75, 3.05) is 45.3 Å². The number of hydrogen-bond acceptors (Lipinski definition) is 7. The molecule has 2 heterocycles. The van der Waals surface area contributed by atoms with E-state index in [4.69, 9.17) is 9.47 Å². The van der Waals surface area contributed by atoms with Crippen molar-refractivity contribution in [3.63, 3.8) is 0 Å². The minimum Gasteiger partial charge on any atom is -0.468 e. The highest BCUT2D eigenvalue weighted by Crippen LogP contribution is 2.25. The fraction of sp³-hybridized carbons (Fsp3) is 0.391. The Morgan fingerprint density at radius 1 is 1.09 bits per heavy atom. The minimum absolute atomic E-state index is 0.0332. The number of ether oxygens (including phenoxy) is 2. The van der Waals surface area contributed by atoms with Crippen molar-refractivity contribution in [1.29, 1.82) is 0 Å². The molecular formula is C23H27N3O6S. The average molecular weight is 474 g/mol. The Labute approximate surface area is 193 Å². The van der Waals surface area contributed by atoms with Gasteiger partial charge in [0, 0.05) is 25.3 Å². The summed E-state index contributed by atoms with van der Waals surface area (Å²) in [6.45, 7) is 1.71. The maximum Gasteiger partial charge on any atom is 0.323 e. The van der Waals surface area contributed by atoms with Crippen LogP contribution in [-0.4, -0.2) is 75.5 Å². The molecule has 2 aromatic rings. The predicted molar refractivity (Wildman–Crippen MR) is 121 cm³/mol. The van der Waals surface area contributed by atoms with E-state index < -0.39 is 22.0 Å². The third-order valence-corrected chi connectivity index (χ3v) is 7.79. The molecule has 1 amide bonds. The second kappa shape index (κ2) is 10.0. The van der Waals surface area contributed by atoms with Gasteiger partial charge in [-0.25, -0.2) is 8.42 Å². The summed E-state index contributed by atoms with van der Waals surface area (Å²) in [4.78, 5) is 27.1. The average Bonchev–Trinajstić information content (AvgIpc) is 2.83. The normalized spacial score (nSPS) is 19.5. The first-order valence-electron chi connectivity index (χ1n) is 10.7. The predicted octanol–water partition coefficient (Wildman–Crippen LogP) is 1.25. The number of nitrogens with one attached hydrogen (secondary N) is 1. The number of fused-ring (bicyclic) bond motifs is 1. The van der Waals surface area contributed by atoms with Gasteiger partial charge in [-0.2, -0.15) is 4.31 Å². The number of esters is 1. The van der Waals surface area contributed by atoms with E-state index in [2.05, 4.69) is 5.32 Å². The van der Waals surface area contributed by atoms with Gasteiger partial charge in [0.15, 0.2) is 0 Å². The number of carbonyl (C=O) groups excluding carboxylic acids is 2. The van der Waals surface area contributed by atoms with Crippen molar-refractivity contribution in [2.24, 2.45) is 0 Å². The molecule has 2 aromatic carbocycles. The Hall–Kier alpha value is -2.79. The number of amides is 1. The molecule has 0 radical (unpaired) electrons. The zero-order valence-corrected chi connectivity index (χ0v) is 19.2. The van der Waals surface area contributed by atoms with Gasteiger partial charge in [0.05, 0.1) is 31.8 Å². The Balaban J connectivity index is 1.47. The Bertz CT molecular complexity index is 1130. The maximum atomic E-state index is 12.9. The minimum atomic E-state index is -3.67. The zero-order valence-electron chi connectivity index (χ0n) is 18.4. The summed E-state index contributed by atoms with van der Waals surface area (Å²) in [5.74, 6) is -0.736. The number of carbonyl (C=O) groups is 2. The van der Waals surface area contributed by atoms with Crippen molar-refractivity contribution in [1.82, 2.24) is 9.21 Å². The van der Waals surface area contributed by atoms with Crippen LogP contribution in [0.4, 0.5) is 5.69 Å². The van der Waals surface area contributed by atoms with Gasteiger partial charge < -0.3 is 14.8 Å². The molecule has 10 heteroatoms. The van der Waals surface area contributed by atoms with E-state index in [1.807, 2.05) is 24.3 Å². The lowest BCUT2D eigenvalue weighted by Crippen LogP contribution is -2.49. The number of hydrogen-bond donors (Lipinski definition) is 1. The van der Waals surface area contributed by atoms with E-state index in [0.717, 1.165) is 11.1 Å². The molecule has 0 saturated carbocycles. The molecule has 1 N–H and O–H groups in total. The maximum absolute atomic E-state index is 12.9. The van der Waals surface area contributed by atoms with Crippen LogP contribution in [0.15, 0.2) is 53.4 Å². The van der Waals surface area contributed by atoms with Crippen LogP contribution < -0.4 is 5.32 Å². The summed E-state index contributed by atoms with van der Waals surface area (Å²) >= 11 is 0. The van der Waals surface area contributed by atoms with Crippen LogP contribution in [0.5, 0.6) is 0 Å². The molecule has 0 bridgehead atoms. The van der Waals surface area contributed by atoms with Gasteiger partial charge in [-0.1, -0.05) is 30.3 Å². The molecule has 1 fully saturated rings. The van der Waals surface area contributed by atoms with Crippen LogP contribution in [0, 0.1) is 0 Å². The number of benzene rings is 2. The molecule has 0 aromatic heterocycles. The van der Waals surface area contributed by atoms with Crippen LogP contribution in [0.25, 0.3) is 0 Å². The summed E-state index contributed by atoms with van der Waals surface area (Å²) in [7, 11) is -2.34. The standard InChI is InChI=1S/C23H27N3O6S/c1-31-23(28)21-13-17-5-2-3-6-18(17)15-25(21)16-22(27)24-19-7-4-8-20(14-19)33(29,30)26-9-11-32-12-10-26/h2-8,14,21H,9-13,15-16H2,1H3,(H,24,27)/t21-/m1/s1. The topological polar surface area (TPSA) is 105 Å². The highest BCUT2D eigenvalue weighted by Gasteiger charge is 2.33. The molecule has 33 heavy (non-hydrogen) atoms. The Morgan fingerprint density at radius 2 is 1.82 bits per heavy atom. The number of morpholine rings is 1. The van der Waals surface area contributed by atoms with Crippen LogP contribution in [0.3, 0.4) is 0 Å². The first kappa shape index (κ1) is 23.4. The lowest BCUT2D eigenvalue weighted by atomic mass is 9.94. The van der Waals surface area contributed by atoms with Gasteiger partial charge in [0.1, 0.15) is 6.04 Å². The highest BCUT2D eigenvalue weighted by molar-refractivity contribution is 7.89. The van der Waals surface area contributed by atoms with Gasteiger partial charge in [0.25, 0.3) is 0 Å². The summed E-state index contributed by atoms with van der Waals surface area (Å²) in [6.07, 6.45) is 0.462. The van der Waals surface area contributed by atoms with Gasteiger partial charge >= 0.3 is 5.97 Å². The fourth-order valence-electron chi connectivity index (χ4n) is 4.17. The molecule has 1 atom stereocenters. The first-order chi connectivity index (χ1) is 15.9. The van der Waals surface area contributed by atoms with E-state index in [0.29, 0.717) is 45.0 Å². The lowest BCUT2D eigenvalue weighted by Gasteiger charge is -2.34. The number of methoxy groups -OCH3 is 1. The lowest BCUT2D eigenvalue weighted by molar-refractivity contribution is -0.148. The largest absolute Gasteiger partial charge is 0.468 e. The molecule has 176 valence electrons. The number of sulfonamides is 1. The van der Waals surface area contributed by atoms with Crippen LogP contribution in [0.1, 0.15) is 11.1 Å². The van der Waals surface area contributed by atoms with Crippen LogP contribution >= 0.6 is 0 Å². The molecule has 9 nitrogen and oxygen atoms in total. The van der Waals surface area contributed by atoms with Crippen molar-refractivity contribution in [3.05, 3.63) is 59.7 Å². The number of anilines is 1. The van der Waals surface area contributed by atoms with E-state index in [1.54, 1.807) is 17.0 Å². The monoisotopic (exact) mass is 473 g/mol. The second-order valence-electron chi connectivity index (χ2n) is 8.01. The molecule has 0 unspecified atom stereocenters. The molecule has 4 rings (SSSR count). The highest BCUT2D eigenvalue weighted by atomic mass is 32.2. The Kier molecular flexibility index (Phi) is 7.08. The Morgan fingerprint density at radius 3 is 2.55 bits per heavy atom. The second-order valence-corrected chi connectivity index (χ2v) is 9.95. The SMILES string of the molecule is COC(=O)[C@H]1Cc2ccccc2CN1CC(=O)Nc1cccc(S(=O)(=O)N2CCOCC2)c1. The van der Waals surface area contributed by atoms with Crippen molar-refractivity contribution >= 4 is 27.6 Å². The smallest absolute Gasteiger partial charge is 0.323 e. The number of nitrogens with zero attached hydrogens (tertiary/aromatic N) is 2. The van der Waals surface area contributed by atoms with Gasteiger partial charge in [-0.05, 0) is 35.7 Å². The molecule has 1 saturated heterocycles. The summed E-state index contributed by atoms with van der Waals surface area (Å²) in [6, 6.07) is 13.4. The number of rotatable bonds is 6. The van der Waals surface area contributed by atoms with Crippen molar-refractivity contribution < 1.29 is 27.5 Å². The fourth-order valence-corrected chi connectivity index (χ4v) is 5.62. The van der Waals surface area contributed by atoms with E-state index >= 15 is 0 Å². The molecule has 0 aliphatic carbocycles. The molecular weight excluding hydrogens is 446 g/mol. The van der Waals surface area contributed by atoms with Gasteiger partial charge in [-0.3, -0.25) is 14.5 Å². The molecule has 2 aliphatic heterocycles. The summed E-state index contributed by atoms with van der Waals surface area (Å²) in [5.41, 5.74) is 2.50. The van der Waals surface area contributed by atoms with Crippen LogP contribution in [0.2, 0.25) is 0 Å². The van der Waals surface area contributed by atoms with Crippen molar-refractivity contribution in [3.8, 4) is 0 Å². The first-order valence-corrected chi connectivity index (χ1v) is 12.2. The van der Waals surface area contributed by atoms with Crippen molar-refractivity contribution in [2.45, 2.75) is 23.9 Å². The summed E-state index contributed by atoms with van der Waals surface area (Å²) < 4.78 is 37.4. The zero-order chi connectivity index (χ0) is 23.4. The molecule has 2 aliphatic rings. The third kappa shape index (κ3) is 5.25. The summed E-state index contributed by atoms with van der Waals surface area (Å²) in [5, 5.41) is 2.77. The van der Waals surface area contributed by atoms with Gasteiger partial charge in [-0.15, -0.1) is 0 Å². The van der Waals surface area contributed by atoms with E-state index in [-0.39, 0.29) is 17.3 Å². The molecule has 0 spiro atoms. The van der Waals surface area contributed by atoms with Gasteiger partial charge in [0.2, 0.25) is 15.9 Å². The van der Waals surface area contributed by atoms with Crippen LogP contribution in [-0.2, 0) is 42.1 Å². The third-order valence-electron chi connectivity index (χ3n) is 5.89. The quantitative estimate of drug-likeness (QED) is 0.630.